The Morgan fingerprint density at radius 1 is 0.725 bits per heavy atom. The van der Waals surface area contributed by atoms with Gasteiger partial charge in [-0.1, -0.05) is 0 Å². The maximum Gasteiger partial charge on any atom is 0.319 e. The molecule has 2 aliphatic heterocycles. The molecule has 2 aliphatic rings. The van der Waals surface area contributed by atoms with Crippen LogP contribution < -0.4 is 10.6 Å². The first kappa shape index (κ1) is 25.7. The lowest BCUT2D eigenvalue weighted by Gasteiger charge is -2.38. The average molecular weight is 543 g/mol. The van der Waals surface area contributed by atoms with Crippen LogP contribution in [0.25, 0.3) is 0 Å². The van der Waals surface area contributed by atoms with Gasteiger partial charge in [-0.2, -0.15) is 10.2 Å². The van der Waals surface area contributed by atoms with E-state index in [1.54, 1.807) is 34.2 Å². The molecule has 0 aromatic carbocycles. The Labute approximate surface area is 232 Å². The molecule has 2 amide bonds. The van der Waals surface area contributed by atoms with Crippen LogP contribution in [0.2, 0.25) is 0 Å². The SMILES string of the molecule is Cn1cc(Nc2nccc(C3CCN(C(=O)N4CCC(c5ccnc(Nc6cnn(C)c6)n5)CC4)CC3)n2)cn1. The molecule has 13 heteroatoms. The third-order valence-electron chi connectivity index (χ3n) is 7.64. The van der Waals surface area contributed by atoms with Crippen molar-refractivity contribution in [1.29, 1.82) is 0 Å². The smallest absolute Gasteiger partial charge is 0.319 e. The van der Waals surface area contributed by atoms with E-state index in [1.165, 1.54) is 0 Å². The normalized spacial score (nSPS) is 16.8. The van der Waals surface area contributed by atoms with Crippen molar-refractivity contribution in [2.24, 2.45) is 14.1 Å². The molecule has 4 aromatic heterocycles. The molecular formula is C27H34N12O. The average Bonchev–Trinajstić information content (AvgIpc) is 3.59. The van der Waals surface area contributed by atoms with E-state index in [0.717, 1.165) is 74.6 Å². The number of likely N-dealkylation sites (tertiary alicyclic amines) is 2. The van der Waals surface area contributed by atoms with E-state index in [4.69, 9.17) is 9.97 Å². The number of nitrogens with zero attached hydrogens (tertiary/aromatic N) is 10. The summed E-state index contributed by atoms with van der Waals surface area (Å²) in [5, 5.41) is 14.8. The Kier molecular flexibility index (Phi) is 7.25. The van der Waals surface area contributed by atoms with Crippen LogP contribution in [0, 0.1) is 0 Å². The number of nitrogens with one attached hydrogen (secondary N) is 2. The fourth-order valence-corrected chi connectivity index (χ4v) is 5.48. The summed E-state index contributed by atoms with van der Waals surface area (Å²) in [6.07, 6.45) is 14.4. The molecule has 0 radical (unpaired) electrons. The fourth-order valence-electron chi connectivity index (χ4n) is 5.48. The van der Waals surface area contributed by atoms with Crippen LogP contribution >= 0.6 is 0 Å². The van der Waals surface area contributed by atoms with Gasteiger partial charge in [0.05, 0.1) is 23.8 Å². The minimum Gasteiger partial charge on any atom is -0.325 e. The van der Waals surface area contributed by atoms with Gasteiger partial charge in [0.1, 0.15) is 0 Å². The van der Waals surface area contributed by atoms with E-state index in [0.29, 0.717) is 23.7 Å². The van der Waals surface area contributed by atoms with Crippen LogP contribution in [0.15, 0.2) is 49.3 Å². The van der Waals surface area contributed by atoms with Gasteiger partial charge in [-0.05, 0) is 37.8 Å². The van der Waals surface area contributed by atoms with Gasteiger partial charge < -0.3 is 20.4 Å². The van der Waals surface area contributed by atoms with Crippen molar-refractivity contribution in [1.82, 2.24) is 49.3 Å². The van der Waals surface area contributed by atoms with E-state index in [9.17, 15) is 4.79 Å². The number of hydrogen-bond donors (Lipinski definition) is 2. The zero-order chi connectivity index (χ0) is 27.5. The lowest BCUT2D eigenvalue weighted by molar-refractivity contribution is 0.128. The van der Waals surface area contributed by atoms with Crippen LogP contribution in [0.3, 0.4) is 0 Å². The van der Waals surface area contributed by atoms with Crippen molar-refractivity contribution in [3.63, 3.8) is 0 Å². The summed E-state index contributed by atoms with van der Waals surface area (Å²) >= 11 is 0. The second-order valence-electron chi connectivity index (χ2n) is 10.5. The molecule has 0 saturated carbocycles. The van der Waals surface area contributed by atoms with Crippen LogP contribution in [-0.4, -0.2) is 81.5 Å². The van der Waals surface area contributed by atoms with Crippen LogP contribution in [0.5, 0.6) is 0 Å². The van der Waals surface area contributed by atoms with E-state index in [-0.39, 0.29) is 6.03 Å². The Bertz CT molecular complexity index is 1340. The molecule has 208 valence electrons. The van der Waals surface area contributed by atoms with Gasteiger partial charge in [-0.3, -0.25) is 9.36 Å². The molecule has 0 unspecified atom stereocenters. The number of anilines is 4. The highest BCUT2D eigenvalue weighted by molar-refractivity contribution is 5.74. The Hall–Kier alpha value is -4.55. The minimum absolute atomic E-state index is 0.139. The Morgan fingerprint density at radius 3 is 1.52 bits per heavy atom. The summed E-state index contributed by atoms with van der Waals surface area (Å²) in [4.78, 5) is 35.5. The second kappa shape index (κ2) is 11.3. The highest BCUT2D eigenvalue weighted by atomic mass is 16.2. The number of piperidine rings is 2. The Balaban J connectivity index is 0.992. The molecule has 4 aromatic rings. The molecule has 2 saturated heterocycles. The Morgan fingerprint density at radius 2 is 1.15 bits per heavy atom. The topological polar surface area (TPSA) is 135 Å². The third kappa shape index (κ3) is 5.87. The van der Waals surface area contributed by atoms with Gasteiger partial charge in [0.15, 0.2) is 0 Å². The number of rotatable bonds is 6. The van der Waals surface area contributed by atoms with Gasteiger partial charge >= 0.3 is 6.03 Å². The minimum atomic E-state index is 0.139. The number of carbonyl (C=O) groups is 1. The van der Waals surface area contributed by atoms with Crippen molar-refractivity contribution in [2.45, 2.75) is 37.5 Å². The lowest BCUT2D eigenvalue weighted by atomic mass is 9.92. The van der Waals surface area contributed by atoms with Crippen molar-refractivity contribution in [2.75, 3.05) is 36.8 Å². The first-order chi connectivity index (χ1) is 19.5. The molecule has 0 atom stereocenters. The fraction of sp³-hybridized carbons (Fsp3) is 0.444. The van der Waals surface area contributed by atoms with Gasteiger partial charge in [0.25, 0.3) is 0 Å². The largest absolute Gasteiger partial charge is 0.325 e. The number of aryl methyl sites for hydroxylation is 2. The van der Waals surface area contributed by atoms with Crippen molar-refractivity contribution in [3.8, 4) is 0 Å². The molecular weight excluding hydrogens is 508 g/mol. The molecule has 6 heterocycles. The van der Waals surface area contributed by atoms with Crippen molar-refractivity contribution in [3.05, 3.63) is 60.7 Å². The van der Waals surface area contributed by atoms with E-state index < -0.39 is 0 Å². The van der Waals surface area contributed by atoms with Crippen LogP contribution in [0.4, 0.5) is 28.1 Å². The first-order valence-corrected chi connectivity index (χ1v) is 13.7. The second-order valence-corrected chi connectivity index (χ2v) is 10.5. The molecule has 0 bridgehead atoms. The summed E-state index contributed by atoms with van der Waals surface area (Å²) in [6, 6.07) is 4.10. The maximum absolute atomic E-state index is 13.3. The summed E-state index contributed by atoms with van der Waals surface area (Å²) in [6.45, 7) is 2.92. The molecule has 0 aliphatic carbocycles. The zero-order valence-electron chi connectivity index (χ0n) is 22.8. The van der Waals surface area contributed by atoms with Gasteiger partial charge in [-0.15, -0.1) is 0 Å². The number of carbonyl (C=O) groups excluding carboxylic acids is 1. The van der Waals surface area contributed by atoms with E-state index in [2.05, 4.69) is 30.8 Å². The summed E-state index contributed by atoms with van der Waals surface area (Å²) in [5.74, 6) is 1.74. The highest BCUT2D eigenvalue weighted by Gasteiger charge is 2.31. The molecule has 6 rings (SSSR count). The van der Waals surface area contributed by atoms with Gasteiger partial charge in [-0.25, -0.2) is 24.7 Å². The highest BCUT2D eigenvalue weighted by Crippen LogP contribution is 2.31. The van der Waals surface area contributed by atoms with Crippen molar-refractivity contribution < 1.29 is 4.79 Å². The molecule has 0 spiro atoms. The van der Waals surface area contributed by atoms with E-state index >= 15 is 0 Å². The lowest BCUT2D eigenvalue weighted by Crippen LogP contribution is -2.48. The van der Waals surface area contributed by atoms with E-state index in [1.807, 2.05) is 48.4 Å². The van der Waals surface area contributed by atoms with Crippen LogP contribution in [0.1, 0.15) is 48.9 Å². The summed E-state index contributed by atoms with van der Waals surface area (Å²) in [7, 11) is 3.74. The number of urea groups is 1. The molecule has 2 N–H and O–H groups in total. The molecule has 40 heavy (non-hydrogen) atoms. The maximum atomic E-state index is 13.3. The summed E-state index contributed by atoms with van der Waals surface area (Å²) < 4.78 is 3.46. The predicted octanol–water partition coefficient (Wildman–Crippen LogP) is 3.40. The number of hydrogen-bond acceptors (Lipinski definition) is 9. The quantitative estimate of drug-likeness (QED) is 0.376. The van der Waals surface area contributed by atoms with Gasteiger partial charge in [0, 0.05) is 88.3 Å². The molecule has 13 nitrogen and oxygen atoms in total. The predicted molar refractivity (Wildman–Crippen MR) is 150 cm³/mol. The number of aromatic nitrogens is 8. The standard InChI is InChI=1S/C27H34N12O/c1-36-17-21(15-30-36)32-25-28-9-3-23(34-25)19-5-11-38(12-6-19)27(40)39-13-7-20(8-14-39)24-4-10-29-26(35-24)33-22-16-31-37(2)18-22/h3-4,9-10,15-20H,5-8,11-14H2,1-2H3,(H,28,32,34)(H,29,33,35). The number of amides is 2. The first-order valence-electron chi connectivity index (χ1n) is 13.7. The van der Waals surface area contributed by atoms with Crippen LogP contribution in [-0.2, 0) is 14.1 Å². The monoisotopic (exact) mass is 542 g/mol. The summed E-state index contributed by atoms with van der Waals surface area (Å²) in [5.41, 5.74) is 3.73. The van der Waals surface area contributed by atoms with Gasteiger partial charge in [0.2, 0.25) is 11.9 Å². The zero-order valence-corrected chi connectivity index (χ0v) is 22.8. The van der Waals surface area contributed by atoms with Crippen molar-refractivity contribution >= 4 is 29.3 Å². The molecule has 2 fully saturated rings. The third-order valence-corrected chi connectivity index (χ3v) is 7.64.